The average molecular weight is 494 g/mol. The van der Waals surface area contributed by atoms with Crippen molar-refractivity contribution in [1.29, 1.82) is 0 Å². The molecule has 7 nitrogen and oxygen atoms in total. The number of hydrogen-bond acceptors (Lipinski definition) is 5. The maximum absolute atomic E-state index is 13.6. The molecule has 1 aliphatic heterocycles. The molecule has 2 fully saturated rings. The summed E-state index contributed by atoms with van der Waals surface area (Å²) >= 11 is 0. The molecular formula is C28H32FN3O4. The maximum Gasteiger partial charge on any atom is 0.310 e. The number of esters is 1. The van der Waals surface area contributed by atoms with Gasteiger partial charge in [-0.05, 0) is 69.0 Å². The number of nitrogens with zero attached hydrogens (tertiary/aromatic N) is 3. The summed E-state index contributed by atoms with van der Waals surface area (Å²) in [7, 11) is 0. The zero-order chi connectivity index (χ0) is 25.1. The van der Waals surface area contributed by atoms with E-state index in [9.17, 15) is 14.0 Å². The smallest absolute Gasteiger partial charge is 0.310 e. The summed E-state index contributed by atoms with van der Waals surface area (Å²) < 4.78 is 27.1. The normalized spacial score (nSPS) is 18.8. The highest BCUT2D eigenvalue weighted by molar-refractivity contribution is 5.93. The molecule has 2 aliphatic rings. The number of ether oxygens (including phenoxy) is 1. The van der Waals surface area contributed by atoms with E-state index in [4.69, 9.17) is 14.1 Å². The van der Waals surface area contributed by atoms with Crippen LogP contribution in [0.1, 0.15) is 68.5 Å². The molecule has 1 saturated heterocycles. The first-order chi connectivity index (χ1) is 17.5. The van der Waals surface area contributed by atoms with Gasteiger partial charge >= 0.3 is 5.97 Å². The van der Waals surface area contributed by atoms with E-state index in [0.29, 0.717) is 43.6 Å². The first-order valence-corrected chi connectivity index (χ1v) is 12.9. The highest BCUT2D eigenvalue weighted by atomic mass is 19.1. The number of carbonyl (C=O) groups excluding carboxylic acids is 2. The van der Waals surface area contributed by atoms with Crippen LogP contribution in [0.25, 0.3) is 22.7 Å². The molecule has 1 unspecified atom stereocenters. The Kier molecular flexibility index (Phi) is 7.20. The fourth-order valence-electron chi connectivity index (χ4n) is 5.41. The number of amides is 1. The molecule has 1 amide bonds. The molecule has 36 heavy (non-hydrogen) atoms. The van der Waals surface area contributed by atoms with Crippen LogP contribution in [-0.4, -0.2) is 46.0 Å². The van der Waals surface area contributed by atoms with Gasteiger partial charge in [0.05, 0.1) is 24.5 Å². The molecule has 1 atom stereocenters. The van der Waals surface area contributed by atoms with Gasteiger partial charge in [-0.15, -0.1) is 0 Å². The summed E-state index contributed by atoms with van der Waals surface area (Å²) in [5, 5.41) is 0. The van der Waals surface area contributed by atoms with E-state index in [1.165, 1.54) is 18.6 Å². The average Bonchev–Trinajstić information content (AvgIpc) is 3.57. The van der Waals surface area contributed by atoms with Crippen molar-refractivity contribution in [3.63, 3.8) is 0 Å². The largest absolute Gasteiger partial charge is 0.466 e. The standard InChI is InChI=1S/C28H32FN3O4/c1-2-35-28(34)20-7-6-16-31(17-20)27(33)24-15-14-23(36-24)26-25(19-10-12-21(29)13-11-19)30-18-32(26)22-8-4-3-5-9-22/h10-15,18,20,22H,2-9,16-17H2,1H3. The van der Waals surface area contributed by atoms with Crippen molar-refractivity contribution >= 4 is 11.9 Å². The summed E-state index contributed by atoms with van der Waals surface area (Å²) in [5.74, 6) is -0.316. The van der Waals surface area contributed by atoms with Gasteiger partial charge in [-0.3, -0.25) is 9.59 Å². The fraction of sp³-hybridized carbons (Fsp3) is 0.464. The van der Waals surface area contributed by atoms with E-state index in [-0.39, 0.29) is 29.4 Å². The van der Waals surface area contributed by atoms with Crippen molar-refractivity contribution in [2.45, 2.75) is 57.9 Å². The van der Waals surface area contributed by atoms with Gasteiger partial charge in [0.15, 0.2) is 11.5 Å². The molecule has 0 bridgehead atoms. The Hall–Kier alpha value is -3.42. The van der Waals surface area contributed by atoms with Gasteiger partial charge in [0, 0.05) is 24.7 Å². The third-order valence-electron chi connectivity index (χ3n) is 7.26. The van der Waals surface area contributed by atoms with Crippen LogP contribution in [0.5, 0.6) is 0 Å². The topological polar surface area (TPSA) is 77.6 Å². The zero-order valence-electron chi connectivity index (χ0n) is 20.6. The maximum atomic E-state index is 13.6. The SMILES string of the molecule is CCOC(=O)C1CCCN(C(=O)c2ccc(-c3c(-c4ccc(F)cc4)ncn3C3CCCCC3)o2)C1. The minimum absolute atomic E-state index is 0.232. The summed E-state index contributed by atoms with van der Waals surface area (Å²) in [6.45, 7) is 3.02. The third kappa shape index (κ3) is 4.94. The number of benzene rings is 1. The summed E-state index contributed by atoms with van der Waals surface area (Å²) in [6, 6.07) is 10.1. The van der Waals surface area contributed by atoms with E-state index in [1.807, 2.05) is 12.4 Å². The Morgan fingerprint density at radius 3 is 2.58 bits per heavy atom. The molecular weight excluding hydrogens is 461 g/mol. The van der Waals surface area contributed by atoms with Gasteiger partial charge in [-0.25, -0.2) is 9.37 Å². The monoisotopic (exact) mass is 493 g/mol. The molecule has 0 radical (unpaired) electrons. The Bertz CT molecular complexity index is 1210. The number of piperidine rings is 1. The lowest BCUT2D eigenvalue weighted by molar-refractivity contribution is -0.149. The van der Waals surface area contributed by atoms with Gasteiger partial charge < -0.3 is 18.6 Å². The van der Waals surface area contributed by atoms with E-state index in [1.54, 1.807) is 30.0 Å². The number of likely N-dealkylation sites (tertiary alicyclic amines) is 1. The predicted molar refractivity (Wildman–Crippen MR) is 133 cm³/mol. The fourth-order valence-corrected chi connectivity index (χ4v) is 5.41. The highest BCUT2D eigenvalue weighted by Crippen LogP contribution is 2.38. The van der Waals surface area contributed by atoms with E-state index >= 15 is 0 Å². The highest BCUT2D eigenvalue weighted by Gasteiger charge is 2.32. The van der Waals surface area contributed by atoms with Crippen molar-refractivity contribution in [2.75, 3.05) is 19.7 Å². The van der Waals surface area contributed by atoms with Gasteiger partial charge in [0.1, 0.15) is 11.5 Å². The summed E-state index contributed by atoms with van der Waals surface area (Å²) in [6.07, 6.45) is 8.96. The number of hydrogen-bond donors (Lipinski definition) is 0. The second-order valence-corrected chi connectivity index (χ2v) is 9.65. The van der Waals surface area contributed by atoms with Gasteiger partial charge in [-0.1, -0.05) is 19.3 Å². The quantitative estimate of drug-likeness (QED) is 0.402. The third-order valence-corrected chi connectivity index (χ3v) is 7.26. The van der Waals surface area contributed by atoms with Gasteiger partial charge in [0.2, 0.25) is 0 Å². The Morgan fingerprint density at radius 2 is 1.83 bits per heavy atom. The van der Waals surface area contributed by atoms with Crippen LogP contribution in [0.4, 0.5) is 4.39 Å². The van der Waals surface area contributed by atoms with Crippen molar-refractivity contribution in [3.8, 4) is 22.7 Å². The second kappa shape index (κ2) is 10.7. The Morgan fingerprint density at radius 1 is 1.06 bits per heavy atom. The lowest BCUT2D eigenvalue weighted by Crippen LogP contribution is -2.42. The van der Waals surface area contributed by atoms with Crippen LogP contribution in [0.3, 0.4) is 0 Å². The molecule has 1 saturated carbocycles. The van der Waals surface area contributed by atoms with E-state index in [2.05, 4.69) is 4.57 Å². The van der Waals surface area contributed by atoms with Gasteiger partial charge in [-0.2, -0.15) is 0 Å². The minimum Gasteiger partial charge on any atom is -0.466 e. The van der Waals surface area contributed by atoms with Crippen molar-refractivity contribution in [1.82, 2.24) is 14.5 Å². The molecule has 0 spiro atoms. The molecule has 2 aromatic heterocycles. The van der Waals surface area contributed by atoms with Crippen molar-refractivity contribution in [3.05, 3.63) is 54.3 Å². The molecule has 1 aromatic carbocycles. The van der Waals surface area contributed by atoms with E-state index in [0.717, 1.165) is 43.4 Å². The van der Waals surface area contributed by atoms with Gasteiger partial charge in [0.25, 0.3) is 5.91 Å². The van der Waals surface area contributed by atoms with Crippen LogP contribution >= 0.6 is 0 Å². The molecule has 1 aliphatic carbocycles. The first-order valence-electron chi connectivity index (χ1n) is 12.9. The number of furan rings is 1. The van der Waals surface area contributed by atoms with Crippen LogP contribution < -0.4 is 0 Å². The lowest BCUT2D eigenvalue weighted by Gasteiger charge is -2.30. The molecule has 3 aromatic rings. The zero-order valence-corrected chi connectivity index (χ0v) is 20.6. The van der Waals surface area contributed by atoms with Crippen LogP contribution in [0, 0.1) is 11.7 Å². The van der Waals surface area contributed by atoms with Crippen molar-refractivity contribution in [2.24, 2.45) is 5.92 Å². The number of carbonyl (C=O) groups is 2. The number of aromatic nitrogens is 2. The number of rotatable bonds is 6. The minimum atomic E-state index is -0.310. The molecule has 0 N–H and O–H groups in total. The molecule has 3 heterocycles. The van der Waals surface area contributed by atoms with Crippen LogP contribution in [0.15, 0.2) is 47.1 Å². The Balaban J connectivity index is 1.45. The van der Waals surface area contributed by atoms with Crippen LogP contribution in [0.2, 0.25) is 0 Å². The molecule has 8 heteroatoms. The molecule has 190 valence electrons. The summed E-state index contributed by atoms with van der Waals surface area (Å²) in [4.78, 5) is 31.9. The van der Waals surface area contributed by atoms with Crippen LogP contribution in [-0.2, 0) is 9.53 Å². The second-order valence-electron chi connectivity index (χ2n) is 9.65. The number of imidazole rings is 1. The number of halogens is 1. The van der Waals surface area contributed by atoms with E-state index < -0.39 is 0 Å². The summed E-state index contributed by atoms with van der Waals surface area (Å²) in [5.41, 5.74) is 2.29. The lowest BCUT2D eigenvalue weighted by atomic mass is 9.95. The van der Waals surface area contributed by atoms with Crippen molar-refractivity contribution < 1.29 is 23.1 Å². The predicted octanol–water partition coefficient (Wildman–Crippen LogP) is 5.87. The Labute approximate surface area is 210 Å². The first kappa shape index (κ1) is 24.3. The molecule has 5 rings (SSSR count).